The minimum atomic E-state index is -0.170. The van der Waals surface area contributed by atoms with Crippen molar-refractivity contribution in [1.82, 2.24) is 9.88 Å². The molecule has 0 aliphatic carbocycles. The monoisotopic (exact) mass is 290 g/mol. The summed E-state index contributed by atoms with van der Waals surface area (Å²) in [5.74, 6) is 0.933. The van der Waals surface area contributed by atoms with E-state index in [0.29, 0.717) is 11.8 Å². The highest BCUT2D eigenvalue weighted by Crippen LogP contribution is 2.29. The van der Waals surface area contributed by atoms with Gasteiger partial charge in [-0.15, -0.1) is 0 Å². The number of nitrogens with zero attached hydrogens (tertiary/aromatic N) is 2. The predicted octanol–water partition coefficient (Wildman–Crippen LogP) is 2.28. The lowest BCUT2D eigenvalue weighted by Gasteiger charge is -2.20. The maximum Gasteiger partial charge on any atom is 0.0679 e. The van der Waals surface area contributed by atoms with E-state index >= 15 is 0 Å². The minimum Gasteiger partial charge on any atom is -0.392 e. The van der Waals surface area contributed by atoms with Gasteiger partial charge in [0.15, 0.2) is 0 Å². The van der Waals surface area contributed by atoms with Crippen LogP contribution in [0.15, 0.2) is 12.1 Å². The van der Waals surface area contributed by atoms with Crippen molar-refractivity contribution in [1.29, 1.82) is 0 Å². The van der Waals surface area contributed by atoms with Crippen molar-refractivity contribution in [3.8, 4) is 0 Å². The number of β-amino-alcohol motifs (C(OH)–C–C–N with tert-alkyl or cyclic N) is 1. The van der Waals surface area contributed by atoms with Gasteiger partial charge in [0, 0.05) is 37.9 Å². The molecule has 0 aromatic carbocycles. The Labute approximate surface area is 127 Å². The van der Waals surface area contributed by atoms with Crippen LogP contribution in [0.3, 0.4) is 0 Å². The Hall–Kier alpha value is -0.970. The number of rotatable bonds is 4. The molecule has 4 heteroatoms. The summed E-state index contributed by atoms with van der Waals surface area (Å²) in [5.41, 5.74) is 3.69. The van der Waals surface area contributed by atoms with E-state index in [2.05, 4.69) is 30.9 Å². The summed E-state index contributed by atoms with van der Waals surface area (Å²) in [6, 6.07) is 4.42. The fraction of sp³-hybridized carbons (Fsp3) is 0.706. The summed E-state index contributed by atoms with van der Waals surface area (Å²) in [7, 11) is 0. The number of aliphatic hydroxyl groups excluding tert-OH is 1. The largest absolute Gasteiger partial charge is 0.392 e. The standard InChI is InChI=1S/C17H26N2O2/c1-12(2)16-4-3-15(13-6-8-21-11-13)17(18-16)10-19-7-5-14(20)9-19/h3-4,12-14,20H,5-11H2,1-2H3/t13-,14+/m1/s1. The van der Waals surface area contributed by atoms with Crippen LogP contribution in [0.25, 0.3) is 0 Å². The number of aliphatic hydroxyl groups is 1. The summed E-state index contributed by atoms with van der Waals surface area (Å²) in [4.78, 5) is 7.24. The highest BCUT2D eigenvalue weighted by atomic mass is 16.5. The number of aromatic nitrogens is 1. The van der Waals surface area contributed by atoms with Gasteiger partial charge in [0.2, 0.25) is 0 Å². The van der Waals surface area contributed by atoms with Crippen LogP contribution < -0.4 is 0 Å². The van der Waals surface area contributed by atoms with Crippen LogP contribution in [0.2, 0.25) is 0 Å². The minimum absolute atomic E-state index is 0.170. The Balaban J connectivity index is 1.84. The summed E-state index contributed by atoms with van der Waals surface area (Å²) in [5, 5.41) is 9.72. The quantitative estimate of drug-likeness (QED) is 0.924. The molecule has 21 heavy (non-hydrogen) atoms. The average molecular weight is 290 g/mol. The van der Waals surface area contributed by atoms with Gasteiger partial charge in [0.25, 0.3) is 0 Å². The third kappa shape index (κ3) is 3.44. The maximum atomic E-state index is 9.72. The van der Waals surface area contributed by atoms with Crippen molar-refractivity contribution in [2.24, 2.45) is 0 Å². The topological polar surface area (TPSA) is 45.6 Å². The number of hydrogen-bond acceptors (Lipinski definition) is 4. The molecule has 0 saturated carbocycles. The van der Waals surface area contributed by atoms with E-state index in [4.69, 9.17) is 9.72 Å². The lowest BCUT2D eigenvalue weighted by atomic mass is 9.95. The second-order valence-corrected chi connectivity index (χ2v) is 6.66. The molecule has 0 radical (unpaired) electrons. The number of hydrogen-bond donors (Lipinski definition) is 1. The Morgan fingerprint density at radius 3 is 2.86 bits per heavy atom. The molecule has 2 aliphatic rings. The summed E-state index contributed by atoms with van der Waals surface area (Å²) in [6.45, 7) is 8.64. The lowest BCUT2D eigenvalue weighted by Crippen LogP contribution is -2.23. The van der Waals surface area contributed by atoms with Crippen LogP contribution in [0, 0.1) is 0 Å². The molecule has 1 aromatic heterocycles. The molecule has 4 nitrogen and oxygen atoms in total. The Morgan fingerprint density at radius 2 is 2.24 bits per heavy atom. The normalized spacial score (nSPS) is 26.9. The zero-order valence-electron chi connectivity index (χ0n) is 13.1. The molecule has 2 fully saturated rings. The van der Waals surface area contributed by atoms with E-state index < -0.39 is 0 Å². The molecule has 0 amide bonds. The van der Waals surface area contributed by atoms with Crippen LogP contribution in [0.4, 0.5) is 0 Å². The molecule has 2 aliphatic heterocycles. The van der Waals surface area contributed by atoms with E-state index in [1.165, 1.54) is 11.3 Å². The van der Waals surface area contributed by atoms with Crippen molar-refractivity contribution in [2.75, 3.05) is 26.3 Å². The third-order valence-corrected chi connectivity index (χ3v) is 4.61. The number of likely N-dealkylation sites (tertiary alicyclic amines) is 1. The molecular formula is C17H26N2O2. The predicted molar refractivity (Wildman–Crippen MR) is 82.4 cm³/mol. The Kier molecular flexibility index (Phi) is 4.57. The van der Waals surface area contributed by atoms with Gasteiger partial charge in [0.1, 0.15) is 0 Å². The molecule has 2 saturated heterocycles. The summed E-state index contributed by atoms with van der Waals surface area (Å²) < 4.78 is 5.55. The second-order valence-electron chi connectivity index (χ2n) is 6.66. The van der Waals surface area contributed by atoms with Gasteiger partial charge in [-0.1, -0.05) is 19.9 Å². The Morgan fingerprint density at radius 1 is 1.38 bits per heavy atom. The van der Waals surface area contributed by atoms with Crippen LogP contribution >= 0.6 is 0 Å². The SMILES string of the molecule is CC(C)c1ccc([C@@H]2CCOC2)c(CN2CC[C@H](O)C2)n1. The van der Waals surface area contributed by atoms with E-state index in [-0.39, 0.29) is 6.10 Å². The molecular weight excluding hydrogens is 264 g/mol. The van der Waals surface area contributed by atoms with E-state index in [0.717, 1.165) is 51.4 Å². The van der Waals surface area contributed by atoms with Crippen LogP contribution in [-0.2, 0) is 11.3 Å². The molecule has 3 rings (SSSR count). The van der Waals surface area contributed by atoms with Crippen molar-refractivity contribution in [2.45, 2.75) is 51.2 Å². The van der Waals surface area contributed by atoms with Gasteiger partial charge in [-0.2, -0.15) is 0 Å². The van der Waals surface area contributed by atoms with Gasteiger partial charge in [-0.25, -0.2) is 0 Å². The molecule has 0 spiro atoms. The van der Waals surface area contributed by atoms with Gasteiger partial charge in [-0.3, -0.25) is 9.88 Å². The second kappa shape index (κ2) is 6.42. The molecule has 0 unspecified atom stereocenters. The van der Waals surface area contributed by atoms with Crippen LogP contribution in [0.1, 0.15) is 55.5 Å². The first kappa shape index (κ1) is 14.9. The third-order valence-electron chi connectivity index (χ3n) is 4.61. The molecule has 2 atom stereocenters. The molecule has 3 heterocycles. The highest BCUT2D eigenvalue weighted by molar-refractivity contribution is 5.29. The van der Waals surface area contributed by atoms with Crippen LogP contribution in [-0.4, -0.2) is 47.4 Å². The van der Waals surface area contributed by atoms with Crippen molar-refractivity contribution >= 4 is 0 Å². The van der Waals surface area contributed by atoms with E-state index in [1.54, 1.807) is 0 Å². The number of ether oxygens (including phenoxy) is 1. The number of pyridine rings is 1. The van der Waals surface area contributed by atoms with Crippen LogP contribution in [0.5, 0.6) is 0 Å². The maximum absolute atomic E-state index is 9.72. The van der Waals surface area contributed by atoms with Gasteiger partial charge < -0.3 is 9.84 Å². The first-order valence-electron chi connectivity index (χ1n) is 8.11. The summed E-state index contributed by atoms with van der Waals surface area (Å²) in [6.07, 6.45) is 1.81. The highest BCUT2D eigenvalue weighted by Gasteiger charge is 2.25. The molecule has 0 bridgehead atoms. The van der Waals surface area contributed by atoms with Crippen molar-refractivity contribution in [3.63, 3.8) is 0 Å². The zero-order chi connectivity index (χ0) is 14.8. The van der Waals surface area contributed by atoms with Gasteiger partial charge in [0.05, 0.1) is 18.4 Å². The van der Waals surface area contributed by atoms with Crippen molar-refractivity contribution in [3.05, 3.63) is 29.1 Å². The van der Waals surface area contributed by atoms with E-state index in [1.807, 2.05) is 0 Å². The smallest absolute Gasteiger partial charge is 0.0679 e. The Bertz CT molecular complexity index is 484. The fourth-order valence-corrected chi connectivity index (χ4v) is 3.30. The van der Waals surface area contributed by atoms with Crippen molar-refractivity contribution < 1.29 is 9.84 Å². The first-order chi connectivity index (χ1) is 10.1. The first-order valence-corrected chi connectivity index (χ1v) is 8.11. The fourth-order valence-electron chi connectivity index (χ4n) is 3.30. The molecule has 1 N–H and O–H groups in total. The molecule has 1 aromatic rings. The van der Waals surface area contributed by atoms with Gasteiger partial charge >= 0.3 is 0 Å². The average Bonchev–Trinajstić information content (AvgIpc) is 3.10. The summed E-state index contributed by atoms with van der Waals surface area (Å²) >= 11 is 0. The lowest BCUT2D eigenvalue weighted by molar-refractivity contribution is 0.174. The van der Waals surface area contributed by atoms with Gasteiger partial charge in [-0.05, 0) is 30.4 Å². The molecule has 116 valence electrons. The van der Waals surface area contributed by atoms with E-state index in [9.17, 15) is 5.11 Å². The zero-order valence-corrected chi connectivity index (χ0v) is 13.1.